The van der Waals surface area contributed by atoms with Gasteiger partial charge in [-0.2, -0.15) is 0 Å². The van der Waals surface area contributed by atoms with Crippen molar-refractivity contribution >= 4 is 17.4 Å². The summed E-state index contributed by atoms with van der Waals surface area (Å²) in [5.74, 6) is 1.23. The van der Waals surface area contributed by atoms with E-state index < -0.39 is 5.91 Å². The van der Waals surface area contributed by atoms with Crippen LogP contribution in [0.4, 0.5) is 5.69 Å². The van der Waals surface area contributed by atoms with Gasteiger partial charge in [0.1, 0.15) is 0 Å². The van der Waals surface area contributed by atoms with Gasteiger partial charge in [-0.1, -0.05) is 5.16 Å². The van der Waals surface area contributed by atoms with Crippen LogP contribution in [0.5, 0.6) is 11.5 Å². The second-order valence-electron chi connectivity index (χ2n) is 6.19. The molecular weight excluding hydrogens is 372 g/mol. The molecule has 0 saturated heterocycles. The van der Waals surface area contributed by atoms with Gasteiger partial charge < -0.3 is 19.3 Å². The van der Waals surface area contributed by atoms with E-state index in [2.05, 4.69) is 10.5 Å². The Morgan fingerprint density at radius 1 is 0.966 bits per heavy atom. The maximum atomic E-state index is 12.4. The molecule has 0 bridgehead atoms. The summed E-state index contributed by atoms with van der Waals surface area (Å²) in [6, 6.07) is 13.6. The molecule has 1 heterocycles. The Bertz CT molecular complexity index is 1010. The van der Waals surface area contributed by atoms with Crippen molar-refractivity contribution in [2.75, 3.05) is 18.5 Å². The Morgan fingerprint density at radius 2 is 1.66 bits per heavy atom. The van der Waals surface area contributed by atoms with Crippen molar-refractivity contribution in [2.24, 2.45) is 0 Å². The van der Waals surface area contributed by atoms with Crippen LogP contribution in [0, 0.1) is 0 Å². The molecule has 1 aromatic heterocycles. The molecule has 0 saturated carbocycles. The van der Waals surface area contributed by atoms with Crippen molar-refractivity contribution in [3.8, 4) is 22.8 Å². The molecule has 0 atom stereocenters. The number of Topliss-reactive ketones (excluding diaryl/α,β-unsaturated/α-hetero) is 1. The van der Waals surface area contributed by atoms with Crippen LogP contribution in [-0.4, -0.2) is 30.1 Å². The van der Waals surface area contributed by atoms with Crippen LogP contribution < -0.4 is 14.8 Å². The lowest BCUT2D eigenvalue weighted by molar-refractivity contribution is 0.101. The molecule has 0 radical (unpaired) electrons. The minimum Gasteiger partial charge on any atom is -0.490 e. The minimum absolute atomic E-state index is 0.0363. The molecule has 1 amide bonds. The van der Waals surface area contributed by atoms with E-state index in [0.29, 0.717) is 47.3 Å². The van der Waals surface area contributed by atoms with Gasteiger partial charge in [0, 0.05) is 22.9 Å². The number of nitrogens with zero attached hydrogens (tertiary/aromatic N) is 1. The zero-order chi connectivity index (χ0) is 20.8. The lowest BCUT2D eigenvalue weighted by Crippen LogP contribution is -2.12. The second kappa shape index (κ2) is 9.05. The summed E-state index contributed by atoms with van der Waals surface area (Å²) in [7, 11) is 0. The molecule has 3 aromatic rings. The number of amides is 1. The van der Waals surface area contributed by atoms with Gasteiger partial charge in [-0.3, -0.25) is 9.59 Å². The van der Waals surface area contributed by atoms with Gasteiger partial charge in [-0.05, 0) is 63.2 Å². The number of aromatic nitrogens is 1. The van der Waals surface area contributed by atoms with Crippen LogP contribution in [0.2, 0.25) is 0 Å². The average molecular weight is 394 g/mol. The van der Waals surface area contributed by atoms with Gasteiger partial charge in [0.05, 0.1) is 13.2 Å². The first-order valence-electron chi connectivity index (χ1n) is 9.31. The smallest absolute Gasteiger partial charge is 0.277 e. The zero-order valence-corrected chi connectivity index (χ0v) is 16.5. The molecule has 7 heteroatoms. The third-order valence-electron chi connectivity index (χ3n) is 4.12. The van der Waals surface area contributed by atoms with E-state index in [1.54, 1.807) is 42.5 Å². The van der Waals surface area contributed by atoms with Gasteiger partial charge in [-0.25, -0.2) is 0 Å². The van der Waals surface area contributed by atoms with E-state index in [0.717, 1.165) is 0 Å². The number of benzene rings is 2. The van der Waals surface area contributed by atoms with Crippen molar-refractivity contribution in [1.82, 2.24) is 5.16 Å². The van der Waals surface area contributed by atoms with Crippen LogP contribution in [0.25, 0.3) is 11.3 Å². The molecule has 2 aromatic carbocycles. The third-order valence-corrected chi connectivity index (χ3v) is 4.12. The number of rotatable bonds is 8. The second-order valence-corrected chi connectivity index (χ2v) is 6.19. The maximum absolute atomic E-state index is 12.4. The third kappa shape index (κ3) is 4.82. The Hall–Kier alpha value is -3.61. The molecule has 7 nitrogen and oxygen atoms in total. The summed E-state index contributed by atoms with van der Waals surface area (Å²) in [4.78, 5) is 23.8. The number of hydrogen-bond acceptors (Lipinski definition) is 6. The predicted octanol–water partition coefficient (Wildman–Crippen LogP) is 4.59. The van der Waals surface area contributed by atoms with E-state index in [1.807, 2.05) is 19.9 Å². The van der Waals surface area contributed by atoms with Crippen LogP contribution in [0.3, 0.4) is 0 Å². The highest BCUT2D eigenvalue weighted by molar-refractivity contribution is 6.03. The number of ketones is 1. The Labute approximate surface area is 168 Å². The fourth-order valence-electron chi connectivity index (χ4n) is 2.71. The summed E-state index contributed by atoms with van der Waals surface area (Å²) < 4.78 is 16.5. The van der Waals surface area contributed by atoms with Crippen LogP contribution in [0.15, 0.2) is 53.1 Å². The minimum atomic E-state index is -0.411. The molecule has 0 aliphatic heterocycles. The Kier molecular flexibility index (Phi) is 6.29. The Balaban J connectivity index is 1.76. The zero-order valence-electron chi connectivity index (χ0n) is 16.5. The first-order chi connectivity index (χ1) is 14.0. The van der Waals surface area contributed by atoms with E-state index >= 15 is 0 Å². The first-order valence-corrected chi connectivity index (χ1v) is 9.31. The standard InChI is InChI=1S/C22H22N2O5/c1-4-27-19-11-8-16(12-21(19)28-5-2)20-13-18(24-29-20)22(26)23-17-9-6-15(7-10-17)14(3)25/h6-13H,4-5H2,1-3H3,(H,23,26). The van der Waals surface area contributed by atoms with Crippen LogP contribution >= 0.6 is 0 Å². The van der Waals surface area contributed by atoms with Crippen molar-refractivity contribution in [3.63, 3.8) is 0 Å². The largest absolute Gasteiger partial charge is 0.490 e. The van der Waals surface area contributed by atoms with Gasteiger partial charge in [0.2, 0.25) is 0 Å². The SMILES string of the molecule is CCOc1ccc(-c2cc(C(=O)Nc3ccc(C(C)=O)cc3)no2)cc1OCC. The summed E-state index contributed by atoms with van der Waals surface area (Å²) in [6.07, 6.45) is 0. The first kappa shape index (κ1) is 20.1. The highest BCUT2D eigenvalue weighted by Gasteiger charge is 2.16. The molecule has 150 valence electrons. The van der Waals surface area contributed by atoms with E-state index in [1.165, 1.54) is 6.92 Å². The fourth-order valence-corrected chi connectivity index (χ4v) is 2.71. The number of hydrogen-bond donors (Lipinski definition) is 1. The van der Waals surface area contributed by atoms with E-state index in [-0.39, 0.29) is 11.5 Å². The lowest BCUT2D eigenvalue weighted by atomic mass is 10.1. The highest BCUT2D eigenvalue weighted by Crippen LogP contribution is 2.33. The molecule has 0 fully saturated rings. The van der Waals surface area contributed by atoms with Crippen molar-refractivity contribution < 1.29 is 23.6 Å². The molecular formula is C22H22N2O5. The molecule has 0 spiro atoms. The van der Waals surface area contributed by atoms with Crippen molar-refractivity contribution in [1.29, 1.82) is 0 Å². The number of nitrogens with one attached hydrogen (secondary N) is 1. The number of carbonyl (C=O) groups excluding carboxylic acids is 2. The van der Waals surface area contributed by atoms with Crippen LogP contribution in [-0.2, 0) is 0 Å². The number of anilines is 1. The van der Waals surface area contributed by atoms with E-state index in [9.17, 15) is 9.59 Å². The summed E-state index contributed by atoms with van der Waals surface area (Å²) in [5, 5.41) is 6.58. The highest BCUT2D eigenvalue weighted by atomic mass is 16.5. The molecule has 0 aliphatic carbocycles. The fraction of sp³-hybridized carbons (Fsp3) is 0.227. The Morgan fingerprint density at radius 3 is 2.31 bits per heavy atom. The van der Waals surface area contributed by atoms with Gasteiger partial charge in [-0.15, -0.1) is 0 Å². The predicted molar refractivity (Wildman–Crippen MR) is 109 cm³/mol. The summed E-state index contributed by atoms with van der Waals surface area (Å²) >= 11 is 0. The topological polar surface area (TPSA) is 90.7 Å². The summed E-state index contributed by atoms with van der Waals surface area (Å²) in [6.45, 7) is 6.30. The molecule has 0 unspecified atom stereocenters. The number of ether oxygens (including phenoxy) is 2. The number of carbonyl (C=O) groups is 2. The van der Waals surface area contributed by atoms with Gasteiger partial charge >= 0.3 is 0 Å². The maximum Gasteiger partial charge on any atom is 0.277 e. The normalized spacial score (nSPS) is 10.4. The van der Waals surface area contributed by atoms with Gasteiger partial charge in [0.25, 0.3) is 5.91 Å². The lowest BCUT2D eigenvalue weighted by Gasteiger charge is -2.11. The van der Waals surface area contributed by atoms with Crippen molar-refractivity contribution in [2.45, 2.75) is 20.8 Å². The molecule has 29 heavy (non-hydrogen) atoms. The monoisotopic (exact) mass is 394 g/mol. The van der Waals surface area contributed by atoms with Gasteiger partial charge in [0.15, 0.2) is 28.7 Å². The van der Waals surface area contributed by atoms with E-state index in [4.69, 9.17) is 14.0 Å². The average Bonchev–Trinajstić information content (AvgIpc) is 3.20. The summed E-state index contributed by atoms with van der Waals surface area (Å²) in [5.41, 5.74) is 1.99. The molecule has 3 rings (SSSR count). The molecule has 1 N–H and O–H groups in total. The van der Waals surface area contributed by atoms with Crippen molar-refractivity contribution in [3.05, 3.63) is 59.8 Å². The quantitative estimate of drug-likeness (QED) is 0.562. The molecule has 0 aliphatic rings. The van der Waals surface area contributed by atoms with Crippen LogP contribution in [0.1, 0.15) is 41.6 Å².